The first-order valence-electron chi connectivity index (χ1n) is 21.0. The Balaban J connectivity index is 0.000000226. The fourth-order valence-corrected chi connectivity index (χ4v) is 11.5. The number of rotatable bonds is 7. The van der Waals surface area contributed by atoms with Gasteiger partial charge in [0.25, 0.3) is 0 Å². The molecule has 61 heavy (non-hydrogen) atoms. The first-order valence-corrected chi connectivity index (χ1v) is 28.4. The van der Waals surface area contributed by atoms with Crippen LogP contribution in [-0.4, -0.2) is 32.8 Å². The topological polar surface area (TPSA) is 56.7 Å². The van der Waals surface area contributed by atoms with Gasteiger partial charge in [0.05, 0.1) is 28.1 Å². The summed E-state index contributed by atoms with van der Waals surface area (Å²) >= 11 is -1.86. The fraction of sp³-hybridized carbons (Fsp3) is 0.241. The Hall–Kier alpha value is -5.14. The Morgan fingerprint density at radius 1 is 0.738 bits per heavy atom. The molecular formula is C54H54GeIrN4O-2. The molecule has 0 fully saturated rings. The van der Waals surface area contributed by atoms with Gasteiger partial charge in [0, 0.05) is 36.7 Å². The van der Waals surface area contributed by atoms with Gasteiger partial charge in [-0.3, -0.25) is 4.98 Å². The van der Waals surface area contributed by atoms with Crippen LogP contribution in [0.2, 0.25) is 17.3 Å². The van der Waals surface area contributed by atoms with Crippen LogP contribution in [-0.2, 0) is 31.9 Å². The number of para-hydroxylation sites is 2. The summed E-state index contributed by atoms with van der Waals surface area (Å²) in [5, 5.41) is 1.99. The van der Waals surface area contributed by atoms with E-state index < -0.39 is 13.3 Å². The quantitative estimate of drug-likeness (QED) is 0.118. The molecule has 9 aromatic rings. The van der Waals surface area contributed by atoms with Crippen LogP contribution in [0.15, 0.2) is 132 Å². The third-order valence-corrected chi connectivity index (χ3v) is 15.6. The molecule has 0 saturated heterocycles. The van der Waals surface area contributed by atoms with Crippen molar-refractivity contribution in [2.45, 2.75) is 77.6 Å². The van der Waals surface area contributed by atoms with E-state index >= 15 is 0 Å². The number of furan rings is 1. The van der Waals surface area contributed by atoms with Gasteiger partial charge in [-0.2, -0.15) is 0 Å². The normalized spacial score (nSPS) is 11.9. The zero-order chi connectivity index (χ0) is 42.3. The maximum atomic E-state index is 6.53. The molecule has 0 aliphatic rings. The van der Waals surface area contributed by atoms with E-state index in [-0.39, 0.29) is 25.5 Å². The van der Waals surface area contributed by atoms with Crippen molar-refractivity contribution in [1.82, 2.24) is 19.5 Å². The van der Waals surface area contributed by atoms with Crippen LogP contribution >= 0.6 is 0 Å². The van der Waals surface area contributed by atoms with Crippen LogP contribution in [0, 0.1) is 31.9 Å². The maximum Gasteiger partial charge on any atom is 0.216 e. The van der Waals surface area contributed by atoms with Gasteiger partial charge in [-0.1, -0.05) is 74.2 Å². The molecule has 4 heterocycles. The van der Waals surface area contributed by atoms with Gasteiger partial charge in [-0.15, -0.1) is 18.2 Å². The van der Waals surface area contributed by atoms with Gasteiger partial charge in [0.15, 0.2) is 0 Å². The summed E-state index contributed by atoms with van der Waals surface area (Å²) in [7, 11) is 0. The van der Waals surface area contributed by atoms with Crippen molar-refractivity contribution in [1.29, 1.82) is 0 Å². The Morgan fingerprint density at radius 2 is 1.46 bits per heavy atom. The number of pyridine rings is 2. The van der Waals surface area contributed by atoms with Gasteiger partial charge in [-0.05, 0) is 72.4 Å². The van der Waals surface area contributed by atoms with Crippen LogP contribution in [0.25, 0.3) is 72.7 Å². The smallest absolute Gasteiger partial charge is 0.216 e. The third kappa shape index (κ3) is 9.09. The molecular weight excluding hydrogens is 985 g/mol. The maximum absolute atomic E-state index is 6.53. The Labute approximate surface area is 377 Å². The Bertz CT molecular complexity index is 2950. The number of hydrogen-bond donors (Lipinski definition) is 0. The monoisotopic (exact) mass is 1040 g/mol. The van der Waals surface area contributed by atoms with E-state index in [0.717, 1.165) is 73.4 Å². The summed E-state index contributed by atoms with van der Waals surface area (Å²) in [6.07, 6.45) is 3.27. The minimum atomic E-state index is -1.86. The van der Waals surface area contributed by atoms with Gasteiger partial charge in [-0.25, -0.2) is 4.98 Å². The van der Waals surface area contributed by atoms with Crippen molar-refractivity contribution in [3.05, 3.63) is 162 Å². The summed E-state index contributed by atoms with van der Waals surface area (Å²) in [6.45, 7) is 15.5. The number of benzene rings is 5. The van der Waals surface area contributed by atoms with Crippen molar-refractivity contribution in [2.75, 3.05) is 0 Å². The molecule has 311 valence electrons. The van der Waals surface area contributed by atoms with Crippen LogP contribution in [0.5, 0.6) is 0 Å². The van der Waals surface area contributed by atoms with E-state index in [2.05, 4.69) is 180 Å². The van der Waals surface area contributed by atoms with Crippen molar-refractivity contribution in [3.8, 4) is 39.6 Å². The number of fused-ring (bicyclic) bond motifs is 4. The largest absolute Gasteiger partial charge is 0.486 e. The number of hydrogen-bond acceptors (Lipinski definition) is 4. The molecule has 0 spiro atoms. The average molecular weight is 1040 g/mol. The Kier molecular flexibility index (Phi) is 12.7. The van der Waals surface area contributed by atoms with E-state index in [1.807, 2.05) is 30.3 Å². The molecule has 0 aliphatic heterocycles. The molecule has 5 aromatic carbocycles. The summed E-state index contributed by atoms with van der Waals surface area (Å²) in [6, 6.07) is 48.7. The van der Waals surface area contributed by atoms with E-state index in [1.54, 1.807) is 4.40 Å². The van der Waals surface area contributed by atoms with Crippen molar-refractivity contribution in [2.24, 2.45) is 5.92 Å². The van der Waals surface area contributed by atoms with E-state index in [9.17, 15) is 0 Å². The second-order valence-corrected chi connectivity index (χ2v) is 29.0. The first-order chi connectivity index (χ1) is 28.7. The van der Waals surface area contributed by atoms with Crippen molar-refractivity contribution >= 4 is 50.8 Å². The number of nitrogens with zero attached hydrogens (tertiary/aromatic N) is 4. The van der Waals surface area contributed by atoms with E-state index in [4.69, 9.17) is 19.4 Å². The molecule has 9 rings (SSSR count). The fourth-order valence-electron chi connectivity index (χ4n) is 8.19. The standard InChI is InChI=1S/C36H30N3O.C18H24GeN.Ir/c1-22-10-8-11-23(2)32(22)30-21-20-27-26-12-9-13-28(33(26)40-35(27)38-30)34-37-29-14-6-7-15-31(29)39(34)25-18-16-24(17-19-25)36(3,4)5;1-14(2)11-16-12-18(15-9-7-6-8-10-15)20-13-17(16)19(3,4)5;/h6-12,14-21H,1-5H3;6-9,12-14H,11H2,1-5H3;/q2*-1;. The zero-order valence-electron chi connectivity index (χ0n) is 36.9. The van der Waals surface area contributed by atoms with Gasteiger partial charge >= 0.3 is 126 Å². The molecule has 0 unspecified atom stereocenters. The summed E-state index contributed by atoms with van der Waals surface area (Å²) in [5.74, 6) is 8.79. The van der Waals surface area contributed by atoms with Crippen LogP contribution in [0.1, 0.15) is 56.9 Å². The SMILES string of the molecule is CC(C)Cc1cc(-c2[c-]cccc2)nc[c]1[Ge]([CH3])([CH3])[CH3].Cc1cccc(C)c1-c1ccc2c(n1)oc1c(-c3nc4ccccc4n3-c3ccc(C(C)(C)C)cc3)[c-]ccc12.[Ir]. The molecule has 0 atom stereocenters. The number of aryl methyl sites for hydroxylation is 2. The zero-order valence-corrected chi connectivity index (χ0v) is 41.4. The first kappa shape index (κ1) is 43.9. The molecule has 4 aromatic heterocycles. The second kappa shape index (κ2) is 17.7. The van der Waals surface area contributed by atoms with Crippen LogP contribution < -0.4 is 4.40 Å². The summed E-state index contributed by atoms with van der Waals surface area (Å²) in [4.78, 5) is 14.8. The van der Waals surface area contributed by atoms with Gasteiger partial charge in [0.2, 0.25) is 5.71 Å². The minimum absolute atomic E-state index is 0. The van der Waals surface area contributed by atoms with E-state index in [0.29, 0.717) is 11.6 Å². The molecule has 0 bridgehead atoms. The van der Waals surface area contributed by atoms with Gasteiger partial charge < -0.3 is 8.98 Å². The molecule has 0 amide bonds. The summed E-state index contributed by atoms with van der Waals surface area (Å²) < 4.78 is 10.3. The van der Waals surface area contributed by atoms with Crippen molar-refractivity contribution < 1.29 is 24.5 Å². The summed E-state index contributed by atoms with van der Waals surface area (Å²) in [5.41, 5.74) is 14.7. The molecule has 1 radical (unpaired) electrons. The predicted molar refractivity (Wildman–Crippen MR) is 254 cm³/mol. The Morgan fingerprint density at radius 3 is 2.13 bits per heavy atom. The van der Waals surface area contributed by atoms with Crippen molar-refractivity contribution in [3.63, 3.8) is 0 Å². The third-order valence-electron chi connectivity index (χ3n) is 11.2. The minimum Gasteiger partial charge on any atom is -0.486 e. The average Bonchev–Trinajstić information content (AvgIpc) is 3.79. The van der Waals surface area contributed by atoms with Crippen LogP contribution in [0.4, 0.5) is 0 Å². The van der Waals surface area contributed by atoms with Crippen LogP contribution in [0.3, 0.4) is 0 Å². The molecule has 5 nitrogen and oxygen atoms in total. The predicted octanol–water partition coefficient (Wildman–Crippen LogP) is 13.7. The molecule has 7 heteroatoms. The molecule has 0 aliphatic carbocycles. The number of imidazole rings is 1. The second-order valence-electron chi connectivity index (χ2n) is 18.4. The van der Waals surface area contributed by atoms with E-state index in [1.165, 1.54) is 22.3 Å². The molecule has 0 saturated carbocycles. The van der Waals surface area contributed by atoms with Gasteiger partial charge in [0.1, 0.15) is 0 Å². The number of aromatic nitrogens is 4. The molecule has 0 N–H and O–H groups in total.